The summed E-state index contributed by atoms with van der Waals surface area (Å²) in [6, 6.07) is 1.70. The van der Waals surface area contributed by atoms with E-state index >= 15 is 0 Å². The van der Waals surface area contributed by atoms with Crippen molar-refractivity contribution in [3.63, 3.8) is 0 Å². The van der Waals surface area contributed by atoms with E-state index in [0.717, 1.165) is 16.5 Å². The molecule has 0 aromatic carbocycles. The molecule has 2 heterocycles. The molecule has 0 saturated carbocycles. The largest absolute Gasteiger partial charge is 0.396 e. The van der Waals surface area contributed by atoms with E-state index in [9.17, 15) is 0 Å². The normalized spacial score (nSPS) is 10.5. The fourth-order valence-electron chi connectivity index (χ4n) is 1.57. The second kappa shape index (κ2) is 4.89. The second-order valence-corrected chi connectivity index (χ2v) is 5.28. The molecule has 0 atom stereocenters. The molecular weight excluding hydrogens is 256 g/mol. The van der Waals surface area contributed by atoms with E-state index in [4.69, 9.17) is 17.3 Å². The summed E-state index contributed by atoms with van der Waals surface area (Å²) < 4.78 is 0. The van der Waals surface area contributed by atoms with Crippen LogP contribution in [-0.4, -0.2) is 17.0 Å². The molecule has 6 heteroatoms. The van der Waals surface area contributed by atoms with Crippen molar-refractivity contribution in [2.24, 2.45) is 0 Å². The smallest absolute Gasteiger partial charge is 0.151 e. The van der Waals surface area contributed by atoms with Gasteiger partial charge in [-0.15, -0.1) is 11.3 Å². The highest BCUT2D eigenvalue weighted by atomic mass is 35.5. The minimum Gasteiger partial charge on any atom is -0.396 e. The average molecular weight is 269 g/mol. The summed E-state index contributed by atoms with van der Waals surface area (Å²) in [5, 5.41) is 3.65. The van der Waals surface area contributed by atoms with Crippen LogP contribution in [0.25, 0.3) is 0 Å². The number of nitrogens with two attached hydrogens (primary N) is 1. The van der Waals surface area contributed by atoms with Crippen molar-refractivity contribution in [1.82, 2.24) is 9.97 Å². The Hall–Kier alpha value is -1.33. The van der Waals surface area contributed by atoms with Crippen molar-refractivity contribution in [3.05, 3.63) is 33.4 Å². The average Bonchev–Trinajstić information content (AvgIpc) is 2.63. The predicted octanol–water partition coefficient (Wildman–Crippen LogP) is 2.72. The van der Waals surface area contributed by atoms with Gasteiger partial charge in [-0.2, -0.15) is 0 Å². The van der Waals surface area contributed by atoms with Gasteiger partial charge >= 0.3 is 0 Å². The third-order valence-electron chi connectivity index (χ3n) is 2.29. The number of halogens is 1. The summed E-state index contributed by atoms with van der Waals surface area (Å²) in [7, 11) is 1.93. The number of rotatable bonds is 3. The summed E-state index contributed by atoms with van der Waals surface area (Å²) >= 11 is 7.45. The lowest BCUT2D eigenvalue weighted by Crippen LogP contribution is -2.19. The molecular formula is C11H13ClN4S. The summed E-state index contributed by atoms with van der Waals surface area (Å²) in [4.78, 5) is 10.6. The van der Waals surface area contributed by atoms with Crippen molar-refractivity contribution >= 4 is 34.4 Å². The van der Waals surface area contributed by atoms with Crippen LogP contribution in [-0.2, 0) is 6.54 Å². The molecule has 0 aliphatic carbocycles. The molecule has 4 nitrogen and oxygen atoms in total. The van der Waals surface area contributed by atoms with Gasteiger partial charge in [-0.1, -0.05) is 11.6 Å². The molecule has 0 aliphatic rings. The molecule has 0 saturated heterocycles. The van der Waals surface area contributed by atoms with Gasteiger partial charge in [0.15, 0.2) is 5.82 Å². The monoisotopic (exact) mass is 268 g/mol. The highest BCUT2D eigenvalue weighted by Crippen LogP contribution is 2.23. The zero-order chi connectivity index (χ0) is 12.4. The first-order valence-electron chi connectivity index (χ1n) is 5.09. The van der Waals surface area contributed by atoms with Crippen LogP contribution < -0.4 is 10.6 Å². The topological polar surface area (TPSA) is 55.0 Å². The third kappa shape index (κ3) is 2.87. The highest BCUT2D eigenvalue weighted by molar-refractivity contribution is 7.09. The van der Waals surface area contributed by atoms with Crippen LogP contribution in [0, 0.1) is 6.92 Å². The molecule has 0 unspecified atom stereocenters. The lowest BCUT2D eigenvalue weighted by Gasteiger charge is -2.18. The van der Waals surface area contributed by atoms with Gasteiger partial charge in [0.05, 0.1) is 28.0 Å². The number of pyridine rings is 1. The quantitative estimate of drug-likeness (QED) is 0.930. The van der Waals surface area contributed by atoms with Gasteiger partial charge in [0.25, 0.3) is 0 Å². The maximum atomic E-state index is 5.87. The molecule has 2 aromatic rings. The van der Waals surface area contributed by atoms with E-state index < -0.39 is 0 Å². The molecule has 0 aliphatic heterocycles. The summed E-state index contributed by atoms with van der Waals surface area (Å²) in [6.07, 6.45) is 1.59. The molecule has 2 rings (SSSR count). The second-order valence-electron chi connectivity index (χ2n) is 3.78. The number of hydrogen-bond donors (Lipinski definition) is 1. The van der Waals surface area contributed by atoms with E-state index in [1.54, 1.807) is 23.6 Å². The Labute approximate surface area is 109 Å². The lowest BCUT2D eigenvalue weighted by molar-refractivity contribution is 0.872. The van der Waals surface area contributed by atoms with Crippen molar-refractivity contribution < 1.29 is 0 Å². The van der Waals surface area contributed by atoms with E-state index in [1.807, 2.05) is 24.3 Å². The first-order valence-corrected chi connectivity index (χ1v) is 6.35. The Balaban J connectivity index is 2.17. The standard InChI is InChI=1S/C11H13ClN4S/c1-7-15-9(6-17-7)5-16(2)11-10(13)3-8(12)4-14-11/h3-4,6H,5,13H2,1-2H3. The molecule has 2 aromatic heterocycles. The van der Waals surface area contributed by atoms with Crippen LogP contribution in [0.1, 0.15) is 10.7 Å². The number of nitrogens with zero attached hydrogens (tertiary/aromatic N) is 3. The third-order valence-corrected chi connectivity index (χ3v) is 3.32. The Bertz CT molecular complexity index is 526. The molecule has 0 bridgehead atoms. The van der Waals surface area contributed by atoms with Crippen LogP contribution in [0.15, 0.2) is 17.6 Å². The Morgan fingerprint density at radius 1 is 1.53 bits per heavy atom. The van der Waals surface area contributed by atoms with Crippen molar-refractivity contribution in [2.75, 3.05) is 17.7 Å². The van der Waals surface area contributed by atoms with Crippen molar-refractivity contribution in [1.29, 1.82) is 0 Å². The van der Waals surface area contributed by atoms with Gasteiger partial charge < -0.3 is 10.6 Å². The van der Waals surface area contributed by atoms with Crippen LogP contribution in [0.2, 0.25) is 5.02 Å². The SMILES string of the molecule is Cc1nc(CN(C)c2ncc(Cl)cc2N)cs1. The van der Waals surface area contributed by atoms with Gasteiger partial charge in [-0.3, -0.25) is 0 Å². The van der Waals surface area contributed by atoms with Crippen LogP contribution in [0.5, 0.6) is 0 Å². The molecule has 0 spiro atoms. The Morgan fingerprint density at radius 2 is 2.29 bits per heavy atom. The first-order chi connectivity index (χ1) is 8.06. The predicted molar refractivity (Wildman–Crippen MR) is 72.6 cm³/mol. The van der Waals surface area contributed by atoms with Crippen molar-refractivity contribution in [2.45, 2.75) is 13.5 Å². The van der Waals surface area contributed by atoms with Gasteiger partial charge in [-0.25, -0.2) is 9.97 Å². The number of anilines is 2. The minimum absolute atomic E-state index is 0.546. The fraction of sp³-hybridized carbons (Fsp3) is 0.273. The Kier molecular flexibility index (Phi) is 3.49. The molecule has 0 fully saturated rings. The number of thiazole rings is 1. The first kappa shape index (κ1) is 12.1. The van der Waals surface area contributed by atoms with E-state index in [1.165, 1.54) is 0 Å². The zero-order valence-corrected chi connectivity index (χ0v) is 11.2. The van der Waals surface area contributed by atoms with Gasteiger partial charge in [0.1, 0.15) is 0 Å². The van der Waals surface area contributed by atoms with Crippen LogP contribution in [0.4, 0.5) is 11.5 Å². The number of hydrogen-bond acceptors (Lipinski definition) is 5. The fourth-order valence-corrected chi connectivity index (χ4v) is 2.34. The van der Waals surface area contributed by atoms with Gasteiger partial charge in [-0.05, 0) is 13.0 Å². The van der Waals surface area contributed by atoms with Crippen molar-refractivity contribution in [3.8, 4) is 0 Å². The minimum atomic E-state index is 0.546. The zero-order valence-electron chi connectivity index (χ0n) is 9.64. The lowest BCUT2D eigenvalue weighted by atomic mass is 10.3. The van der Waals surface area contributed by atoms with Crippen LogP contribution >= 0.6 is 22.9 Å². The molecule has 90 valence electrons. The summed E-state index contributed by atoms with van der Waals surface area (Å²) in [6.45, 7) is 2.67. The summed E-state index contributed by atoms with van der Waals surface area (Å²) in [5.41, 5.74) is 7.47. The van der Waals surface area contributed by atoms with Gasteiger partial charge in [0.2, 0.25) is 0 Å². The molecule has 17 heavy (non-hydrogen) atoms. The highest BCUT2D eigenvalue weighted by Gasteiger charge is 2.09. The molecule has 0 radical (unpaired) electrons. The molecule has 0 amide bonds. The maximum absolute atomic E-state index is 5.87. The number of nitrogen functional groups attached to an aromatic ring is 1. The van der Waals surface area contributed by atoms with E-state index in [2.05, 4.69) is 9.97 Å². The molecule has 2 N–H and O–H groups in total. The summed E-state index contributed by atoms with van der Waals surface area (Å²) in [5.74, 6) is 0.722. The Morgan fingerprint density at radius 3 is 2.88 bits per heavy atom. The number of aromatic nitrogens is 2. The van der Waals surface area contributed by atoms with Gasteiger partial charge in [0, 0.05) is 18.6 Å². The van der Waals surface area contributed by atoms with Crippen LogP contribution in [0.3, 0.4) is 0 Å². The van der Waals surface area contributed by atoms with E-state index in [0.29, 0.717) is 17.3 Å². The van der Waals surface area contributed by atoms with E-state index in [-0.39, 0.29) is 0 Å². The number of aryl methyl sites for hydroxylation is 1. The maximum Gasteiger partial charge on any atom is 0.151 e.